The Morgan fingerprint density at radius 1 is 1.12 bits per heavy atom. The maximum absolute atomic E-state index is 13.0. The van der Waals surface area contributed by atoms with Crippen LogP contribution in [0.15, 0.2) is 48.5 Å². The standard InChI is InChI=1S/C18H20ClFN2O3S/c1-26(24,25)22(17-10-8-16(20)9-11-17)13-18(23)21-12-2-3-14-4-6-15(19)7-5-14/h4-11H,2-3,12-13H2,1H3,(H,21,23). The van der Waals surface area contributed by atoms with Crippen molar-refractivity contribution in [1.29, 1.82) is 0 Å². The van der Waals surface area contributed by atoms with Gasteiger partial charge in [-0.25, -0.2) is 12.8 Å². The summed E-state index contributed by atoms with van der Waals surface area (Å²) in [6, 6.07) is 12.4. The summed E-state index contributed by atoms with van der Waals surface area (Å²) in [5.74, 6) is -0.898. The SMILES string of the molecule is CS(=O)(=O)N(CC(=O)NCCCc1ccc(Cl)cc1)c1ccc(F)cc1. The molecule has 8 heteroatoms. The van der Waals surface area contributed by atoms with Crippen molar-refractivity contribution in [3.63, 3.8) is 0 Å². The number of amides is 1. The number of carbonyl (C=O) groups is 1. The number of hydrogen-bond donors (Lipinski definition) is 1. The van der Waals surface area contributed by atoms with Crippen LogP contribution < -0.4 is 9.62 Å². The molecule has 0 aliphatic rings. The molecule has 0 aliphatic carbocycles. The third-order valence-electron chi connectivity index (χ3n) is 3.68. The molecule has 2 rings (SSSR count). The van der Waals surface area contributed by atoms with E-state index in [2.05, 4.69) is 5.32 Å². The first-order valence-corrected chi connectivity index (χ1v) is 10.2. The van der Waals surface area contributed by atoms with E-state index < -0.39 is 21.7 Å². The summed E-state index contributed by atoms with van der Waals surface area (Å²) in [6.07, 6.45) is 2.48. The number of rotatable bonds is 8. The van der Waals surface area contributed by atoms with Gasteiger partial charge in [0, 0.05) is 11.6 Å². The molecule has 0 aromatic heterocycles. The summed E-state index contributed by atoms with van der Waals surface area (Å²) < 4.78 is 37.8. The van der Waals surface area contributed by atoms with Crippen LogP contribution in [0.1, 0.15) is 12.0 Å². The molecule has 0 bridgehead atoms. The second-order valence-electron chi connectivity index (χ2n) is 5.83. The first-order chi connectivity index (χ1) is 12.3. The van der Waals surface area contributed by atoms with Crippen molar-refractivity contribution >= 4 is 33.2 Å². The van der Waals surface area contributed by atoms with Gasteiger partial charge in [-0.2, -0.15) is 0 Å². The highest BCUT2D eigenvalue weighted by atomic mass is 35.5. The van der Waals surface area contributed by atoms with Gasteiger partial charge in [0.25, 0.3) is 0 Å². The van der Waals surface area contributed by atoms with Crippen LogP contribution in [0.2, 0.25) is 5.02 Å². The maximum Gasteiger partial charge on any atom is 0.240 e. The maximum atomic E-state index is 13.0. The van der Waals surface area contributed by atoms with Gasteiger partial charge in [-0.15, -0.1) is 0 Å². The molecule has 0 unspecified atom stereocenters. The monoisotopic (exact) mass is 398 g/mol. The highest BCUT2D eigenvalue weighted by Crippen LogP contribution is 2.17. The molecule has 140 valence electrons. The van der Waals surface area contributed by atoms with Crippen LogP contribution in [0.25, 0.3) is 0 Å². The first-order valence-electron chi connectivity index (χ1n) is 8.00. The van der Waals surface area contributed by atoms with Gasteiger partial charge in [0.1, 0.15) is 12.4 Å². The quantitative estimate of drug-likeness (QED) is 0.695. The van der Waals surface area contributed by atoms with Crippen LogP contribution in [0.3, 0.4) is 0 Å². The van der Waals surface area contributed by atoms with Crippen LogP contribution in [-0.4, -0.2) is 33.7 Å². The predicted molar refractivity (Wildman–Crippen MR) is 101 cm³/mol. The lowest BCUT2D eigenvalue weighted by molar-refractivity contribution is -0.119. The molecule has 0 radical (unpaired) electrons. The van der Waals surface area contributed by atoms with Crippen LogP contribution >= 0.6 is 11.6 Å². The largest absolute Gasteiger partial charge is 0.355 e. The molecule has 2 aromatic rings. The number of anilines is 1. The third-order valence-corrected chi connectivity index (χ3v) is 5.07. The number of aryl methyl sites for hydroxylation is 1. The van der Waals surface area contributed by atoms with E-state index in [1.807, 2.05) is 24.3 Å². The van der Waals surface area contributed by atoms with E-state index in [9.17, 15) is 17.6 Å². The molecular formula is C18H20ClFN2O3S. The Morgan fingerprint density at radius 2 is 1.73 bits per heavy atom. The highest BCUT2D eigenvalue weighted by Gasteiger charge is 2.20. The number of halogens is 2. The summed E-state index contributed by atoms with van der Waals surface area (Å²) in [5.41, 5.74) is 1.35. The zero-order valence-electron chi connectivity index (χ0n) is 14.3. The van der Waals surface area contributed by atoms with E-state index in [4.69, 9.17) is 11.6 Å². The van der Waals surface area contributed by atoms with Crippen LogP contribution in [0.4, 0.5) is 10.1 Å². The molecule has 0 saturated carbocycles. The predicted octanol–water partition coefficient (Wildman–Crippen LogP) is 2.99. The van der Waals surface area contributed by atoms with E-state index in [0.717, 1.165) is 34.7 Å². The molecule has 0 heterocycles. The van der Waals surface area contributed by atoms with Crippen LogP contribution in [0, 0.1) is 5.82 Å². The molecule has 26 heavy (non-hydrogen) atoms. The molecule has 0 fully saturated rings. The summed E-state index contributed by atoms with van der Waals surface area (Å²) in [5, 5.41) is 3.37. The first kappa shape index (κ1) is 20.2. The Balaban J connectivity index is 1.87. The van der Waals surface area contributed by atoms with Gasteiger partial charge in [0.15, 0.2) is 0 Å². The summed E-state index contributed by atoms with van der Waals surface area (Å²) >= 11 is 5.83. The van der Waals surface area contributed by atoms with Crippen molar-refractivity contribution in [2.45, 2.75) is 12.8 Å². The number of carbonyl (C=O) groups excluding carboxylic acids is 1. The minimum atomic E-state index is -3.67. The number of nitrogens with zero attached hydrogens (tertiary/aromatic N) is 1. The van der Waals surface area contributed by atoms with E-state index in [-0.39, 0.29) is 12.2 Å². The van der Waals surface area contributed by atoms with E-state index in [0.29, 0.717) is 18.0 Å². The van der Waals surface area contributed by atoms with E-state index in [1.165, 1.54) is 12.1 Å². The lowest BCUT2D eigenvalue weighted by Gasteiger charge is -2.21. The van der Waals surface area contributed by atoms with Gasteiger partial charge in [0.05, 0.1) is 11.9 Å². The molecule has 0 saturated heterocycles. The number of hydrogen-bond acceptors (Lipinski definition) is 3. The van der Waals surface area contributed by atoms with E-state index in [1.54, 1.807) is 0 Å². The summed E-state index contributed by atoms with van der Waals surface area (Å²) in [7, 11) is -3.67. The van der Waals surface area contributed by atoms with Crippen molar-refractivity contribution in [2.24, 2.45) is 0 Å². The highest BCUT2D eigenvalue weighted by molar-refractivity contribution is 7.92. The summed E-state index contributed by atoms with van der Waals surface area (Å²) in [4.78, 5) is 12.1. The van der Waals surface area contributed by atoms with Gasteiger partial charge in [-0.3, -0.25) is 9.10 Å². The van der Waals surface area contributed by atoms with Gasteiger partial charge in [-0.1, -0.05) is 23.7 Å². The minimum absolute atomic E-state index is 0.241. The molecular weight excluding hydrogens is 379 g/mol. The van der Waals surface area contributed by atoms with Crippen molar-refractivity contribution in [2.75, 3.05) is 23.7 Å². The molecule has 0 spiro atoms. The van der Waals surface area contributed by atoms with Crippen LogP contribution in [-0.2, 0) is 21.2 Å². The fourth-order valence-electron chi connectivity index (χ4n) is 2.37. The second kappa shape index (κ2) is 9.00. The summed E-state index contributed by atoms with van der Waals surface area (Å²) in [6.45, 7) is 0.0634. The Bertz CT molecular complexity index is 840. The topological polar surface area (TPSA) is 66.5 Å². The molecule has 0 aliphatic heterocycles. The number of sulfonamides is 1. The number of benzene rings is 2. The Labute approximate surface area is 157 Å². The third kappa shape index (κ3) is 6.31. The average Bonchev–Trinajstić information content (AvgIpc) is 2.58. The van der Waals surface area contributed by atoms with Crippen molar-refractivity contribution in [3.05, 3.63) is 64.9 Å². The molecule has 1 amide bonds. The second-order valence-corrected chi connectivity index (χ2v) is 8.17. The molecule has 0 atom stereocenters. The fraction of sp³-hybridized carbons (Fsp3) is 0.278. The Hall–Kier alpha value is -2.12. The molecule has 2 aromatic carbocycles. The molecule has 1 N–H and O–H groups in total. The zero-order valence-corrected chi connectivity index (χ0v) is 15.9. The van der Waals surface area contributed by atoms with Gasteiger partial charge < -0.3 is 5.32 Å². The smallest absolute Gasteiger partial charge is 0.240 e. The van der Waals surface area contributed by atoms with Crippen molar-refractivity contribution in [1.82, 2.24) is 5.32 Å². The van der Waals surface area contributed by atoms with Gasteiger partial charge >= 0.3 is 0 Å². The fourth-order valence-corrected chi connectivity index (χ4v) is 3.35. The average molecular weight is 399 g/mol. The van der Waals surface area contributed by atoms with Crippen LogP contribution in [0.5, 0.6) is 0 Å². The van der Waals surface area contributed by atoms with Gasteiger partial charge in [-0.05, 0) is 54.8 Å². The normalized spacial score (nSPS) is 11.2. The Morgan fingerprint density at radius 3 is 2.31 bits per heavy atom. The Kier molecular flexibility index (Phi) is 6.99. The zero-order chi connectivity index (χ0) is 19.2. The minimum Gasteiger partial charge on any atom is -0.355 e. The van der Waals surface area contributed by atoms with Crippen molar-refractivity contribution in [3.8, 4) is 0 Å². The lowest BCUT2D eigenvalue weighted by atomic mass is 10.1. The molecule has 5 nitrogen and oxygen atoms in total. The van der Waals surface area contributed by atoms with E-state index >= 15 is 0 Å². The van der Waals surface area contributed by atoms with Gasteiger partial charge in [0.2, 0.25) is 15.9 Å². The number of nitrogens with one attached hydrogen (secondary N) is 1. The lowest BCUT2D eigenvalue weighted by Crippen LogP contribution is -2.40. The van der Waals surface area contributed by atoms with Crippen molar-refractivity contribution < 1.29 is 17.6 Å².